The minimum atomic E-state index is 1.14. The number of hydrogen-bond acceptors (Lipinski definition) is 3. The van der Waals surface area contributed by atoms with Crippen LogP contribution in [0.2, 0.25) is 0 Å². The van der Waals surface area contributed by atoms with Gasteiger partial charge in [0.05, 0.1) is 21.8 Å². The topological polar surface area (TPSA) is 3.24 Å². The smallest absolute Gasteiger partial charge is 0.0640 e. The maximum Gasteiger partial charge on any atom is 0.0640 e. The summed E-state index contributed by atoms with van der Waals surface area (Å²) in [6.07, 6.45) is 0. The minimum Gasteiger partial charge on any atom is -0.308 e. The molecule has 0 radical (unpaired) electrons. The number of benzene rings is 9. The molecule has 258 valence electrons. The van der Waals surface area contributed by atoms with E-state index in [1.165, 1.54) is 90.2 Å². The van der Waals surface area contributed by atoms with Crippen LogP contribution in [0.15, 0.2) is 200 Å². The average molecular weight is 736 g/mol. The van der Waals surface area contributed by atoms with Crippen molar-refractivity contribution >= 4 is 90.9 Å². The van der Waals surface area contributed by atoms with E-state index in [4.69, 9.17) is 0 Å². The first kappa shape index (κ1) is 32.0. The van der Waals surface area contributed by atoms with Crippen LogP contribution >= 0.6 is 22.7 Å². The van der Waals surface area contributed by atoms with Crippen LogP contribution in [-0.2, 0) is 0 Å². The molecule has 0 unspecified atom stereocenters. The zero-order valence-corrected chi connectivity index (χ0v) is 31.4. The molecule has 11 rings (SSSR count). The summed E-state index contributed by atoms with van der Waals surface area (Å²) in [5.74, 6) is 0. The Morgan fingerprint density at radius 1 is 0.309 bits per heavy atom. The van der Waals surface area contributed by atoms with Crippen molar-refractivity contribution in [3.05, 3.63) is 200 Å². The molecule has 0 aliphatic rings. The van der Waals surface area contributed by atoms with E-state index in [0.29, 0.717) is 0 Å². The van der Waals surface area contributed by atoms with E-state index in [9.17, 15) is 0 Å². The van der Waals surface area contributed by atoms with Gasteiger partial charge in [0.2, 0.25) is 0 Å². The molecule has 0 saturated carbocycles. The number of nitrogens with zero attached hydrogens (tertiary/aromatic N) is 1. The summed E-state index contributed by atoms with van der Waals surface area (Å²) in [5, 5.41) is 7.76. The molecule has 9 aromatic carbocycles. The predicted octanol–water partition coefficient (Wildman–Crippen LogP) is 16.0. The van der Waals surface area contributed by atoms with Gasteiger partial charge >= 0.3 is 0 Å². The van der Waals surface area contributed by atoms with Crippen molar-refractivity contribution in [3.63, 3.8) is 0 Å². The summed E-state index contributed by atoms with van der Waals surface area (Å²) >= 11 is 3.75. The molecular weight excluding hydrogens is 703 g/mol. The van der Waals surface area contributed by atoms with E-state index in [1.807, 2.05) is 22.7 Å². The molecule has 0 saturated heterocycles. The second kappa shape index (κ2) is 13.1. The van der Waals surface area contributed by atoms with E-state index in [1.54, 1.807) is 0 Å². The number of anilines is 3. The highest BCUT2D eigenvalue weighted by Gasteiger charge is 2.26. The van der Waals surface area contributed by atoms with Gasteiger partial charge in [-0.05, 0) is 69.4 Å². The molecule has 2 heterocycles. The largest absolute Gasteiger partial charge is 0.308 e. The van der Waals surface area contributed by atoms with E-state index >= 15 is 0 Å². The number of thiophene rings is 2. The van der Waals surface area contributed by atoms with E-state index in [-0.39, 0.29) is 0 Å². The number of rotatable bonds is 6. The summed E-state index contributed by atoms with van der Waals surface area (Å²) in [6, 6.07) is 73.4. The van der Waals surface area contributed by atoms with Gasteiger partial charge in [-0.2, -0.15) is 0 Å². The molecule has 3 heteroatoms. The lowest BCUT2D eigenvalue weighted by molar-refractivity contribution is 1.30. The van der Waals surface area contributed by atoms with Crippen molar-refractivity contribution in [2.24, 2.45) is 0 Å². The van der Waals surface area contributed by atoms with Gasteiger partial charge in [0.15, 0.2) is 0 Å². The van der Waals surface area contributed by atoms with Gasteiger partial charge in [0, 0.05) is 46.8 Å². The summed E-state index contributed by atoms with van der Waals surface area (Å²) in [6.45, 7) is 0. The first-order valence-electron chi connectivity index (χ1n) is 18.7. The maximum absolute atomic E-state index is 2.55. The van der Waals surface area contributed by atoms with Gasteiger partial charge in [0.1, 0.15) is 0 Å². The monoisotopic (exact) mass is 735 g/mol. The van der Waals surface area contributed by atoms with Crippen LogP contribution in [0, 0.1) is 0 Å². The quantitative estimate of drug-likeness (QED) is 0.164. The predicted molar refractivity (Wildman–Crippen MR) is 241 cm³/mol. The Bertz CT molecular complexity index is 3210. The van der Waals surface area contributed by atoms with Crippen molar-refractivity contribution in [1.82, 2.24) is 0 Å². The number of para-hydroxylation sites is 1. The highest BCUT2D eigenvalue weighted by Crippen LogP contribution is 2.52. The fourth-order valence-electron chi connectivity index (χ4n) is 8.50. The SMILES string of the molecule is c1ccc(-c2cccc(N(c3ccccc3-c3cccc4ccc5sc6ccccc6c5c34)c3cccc4c3sc3ccccc34)c2-c2ccccc2)cc1. The van der Waals surface area contributed by atoms with Crippen molar-refractivity contribution in [2.45, 2.75) is 0 Å². The molecule has 0 spiro atoms. The second-order valence-electron chi connectivity index (χ2n) is 14.0. The molecule has 11 aromatic rings. The minimum absolute atomic E-state index is 1.14. The molecule has 0 aliphatic heterocycles. The molecule has 0 aliphatic carbocycles. The van der Waals surface area contributed by atoms with Crippen molar-refractivity contribution in [1.29, 1.82) is 0 Å². The number of fused-ring (bicyclic) bond motifs is 8. The third kappa shape index (κ3) is 5.20. The van der Waals surface area contributed by atoms with Crippen LogP contribution < -0.4 is 4.90 Å². The molecule has 1 nitrogen and oxygen atoms in total. The van der Waals surface area contributed by atoms with Gasteiger partial charge < -0.3 is 4.90 Å². The third-order valence-corrected chi connectivity index (χ3v) is 13.2. The molecular formula is C52H33NS2. The van der Waals surface area contributed by atoms with Crippen molar-refractivity contribution in [2.75, 3.05) is 4.90 Å². The number of hydrogen-bond donors (Lipinski definition) is 0. The van der Waals surface area contributed by atoms with Gasteiger partial charge in [0.25, 0.3) is 0 Å². The molecule has 2 aromatic heterocycles. The second-order valence-corrected chi connectivity index (χ2v) is 16.1. The van der Waals surface area contributed by atoms with Crippen molar-refractivity contribution in [3.8, 4) is 33.4 Å². The van der Waals surface area contributed by atoms with Crippen LogP contribution in [0.1, 0.15) is 0 Å². The van der Waals surface area contributed by atoms with Crippen molar-refractivity contribution < 1.29 is 0 Å². The first-order chi connectivity index (χ1) is 27.3. The zero-order valence-electron chi connectivity index (χ0n) is 29.8. The molecule has 0 fully saturated rings. The van der Waals surface area contributed by atoms with Gasteiger partial charge in [-0.1, -0.05) is 164 Å². The Balaban J connectivity index is 1.27. The molecule has 0 bridgehead atoms. The summed E-state index contributed by atoms with van der Waals surface area (Å²) in [5.41, 5.74) is 10.6. The van der Waals surface area contributed by atoms with E-state index < -0.39 is 0 Å². The van der Waals surface area contributed by atoms with E-state index in [0.717, 1.165) is 11.4 Å². The summed E-state index contributed by atoms with van der Waals surface area (Å²) < 4.78 is 5.19. The van der Waals surface area contributed by atoms with Crippen LogP contribution in [-0.4, -0.2) is 0 Å². The molecule has 0 amide bonds. The van der Waals surface area contributed by atoms with Gasteiger partial charge in [-0.15, -0.1) is 22.7 Å². The lowest BCUT2D eigenvalue weighted by Gasteiger charge is -2.31. The lowest BCUT2D eigenvalue weighted by atomic mass is 9.90. The van der Waals surface area contributed by atoms with Crippen LogP contribution in [0.3, 0.4) is 0 Å². The fourth-order valence-corrected chi connectivity index (χ4v) is 10.8. The van der Waals surface area contributed by atoms with Crippen LogP contribution in [0.5, 0.6) is 0 Å². The van der Waals surface area contributed by atoms with Crippen LogP contribution in [0.4, 0.5) is 17.1 Å². The highest BCUT2D eigenvalue weighted by atomic mass is 32.1. The molecule has 0 N–H and O–H groups in total. The molecule has 55 heavy (non-hydrogen) atoms. The molecule has 0 atom stereocenters. The van der Waals surface area contributed by atoms with E-state index in [2.05, 4.69) is 205 Å². The Morgan fingerprint density at radius 3 is 1.73 bits per heavy atom. The normalized spacial score (nSPS) is 11.6. The Morgan fingerprint density at radius 2 is 0.891 bits per heavy atom. The maximum atomic E-state index is 2.55. The first-order valence-corrected chi connectivity index (χ1v) is 20.3. The fraction of sp³-hybridized carbons (Fsp3) is 0. The van der Waals surface area contributed by atoms with Gasteiger partial charge in [-0.3, -0.25) is 0 Å². The lowest BCUT2D eigenvalue weighted by Crippen LogP contribution is -2.13. The van der Waals surface area contributed by atoms with Crippen LogP contribution in [0.25, 0.3) is 84.5 Å². The standard InChI is InChI=1S/C52H33NS2/c1-3-16-34(17-4-1)37-24-14-28-44(49(37)35-18-5-2-6-19-35)53(45-29-15-26-41-39-22-8-11-30-46(39)55-52(41)45)43-27-10-7-21-38(43)40-25-13-20-36-32-33-48-51(50(36)40)42-23-9-12-31-47(42)54-48/h1-33H. The zero-order chi connectivity index (χ0) is 36.3. The highest BCUT2D eigenvalue weighted by molar-refractivity contribution is 7.26. The average Bonchev–Trinajstić information content (AvgIpc) is 3.84. The Kier molecular flexibility index (Phi) is 7.61. The Labute approximate surface area is 327 Å². The summed E-state index contributed by atoms with van der Waals surface area (Å²) in [4.78, 5) is 2.55. The third-order valence-electron chi connectivity index (χ3n) is 10.9. The Hall–Kier alpha value is -6.52. The summed E-state index contributed by atoms with van der Waals surface area (Å²) in [7, 11) is 0. The van der Waals surface area contributed by atoms with Gasteiger partial charge in [-0.25, -0.2) is 0 Å².